The van der Waals surface area contributed by atoms with Gasteiger partial charge in [0.05, 0.1) is 12.9 Å². The number of hydrogen-bond donors (Lipinski definition) is 1. The number of amides is 2. The Bertz CT molecular complexity index is 823. The standard InChI is InChI=1S/C19H24N4O3S2/c1-3-17(25)23(14-8-9-14)18-21-22-19(28-18)27-12-16(24)20-11-10-13-6-4-5-7-15(13)26-2/h4-7,14H,3,8-12H2,1-2H3,(H,20,24). The van der Waals surface area contributed by atoms with Gasteiger partial charge in [0, 0.05) is 19.0 Å². The Hall–Kier alpha value is -2.13. The maximum absolute atomic E-state index is 12.1. The maximum atomic E-state index is 12.1. The van der Waals surface area contributed by atoms with Crippen molar-refractivity contribution in [1.82, 2.24) is 15.5 Å². The van der Waals surface area contributed by atoms with Gasteiger partial charge in [-0.2, -0.15) is 0 Å². The SMILES string of the molecule is CCC(=O)N(c1nnc(SCC(=O)NCCc2ccccc2OC)s1)C1CC1. The van der Waals surface area contributed by atoms with E-state index in [2.05, 4.69) is 15.5 Å². The molecule has 1 saturated carbocycles. The summed E-state index contributed by atoms with van der Waals surface area (Å²) in [4.78, 5) is 26.0. The van der Waals surface area contributed by atoms with Gasteiger partial charge in [-0.05, 0) is 30.9 Å². The summed E-state index contributed by atoms with van der Waals surface area (Å²) in [7, 11) is 1.64. The van der Waals surface area contributed by atoms with Crippen LogP contribution in [0.2, 0.25) is 0 Å². The second-order valence-electron chi connectivity index (χ2n) is 6.40. The lowest BCUT2D eigenvalue weighted by molar-refractivity contribution is -0.119. The lowest BCUT2D eigenvalue weighted by atomic mass is 10.1. The molecule has 1 fully saturated rings. The summed E-state index contributed by atoms with van der Waals surface area (Å²) in [6.45, 7) is 2.39. The van der Waals surface area contributed by atoms with Crippen LogP contribution in [0.15, 0.2) is 28.6 Å². The first kappa shape index (κ1) is 20.6. The maximum Gasteiger partial charge on any atom is 0.230 e. The van der Waals surface area contributed by atoms with Crippen LogP contribution in [0.25, 0.3) is 0 Å². The molecule has 0 saturated heterocycles. The minimum absolute atomic E-state index is 0.0552. The predicted molar refractivity (Wildman–Crippen MR) is 111 cm³/mol. The Kier molecular flexibility index (Phi) is 7.27. The average Bonchev–Trinajstić information content (AvgIpc) is 3.44. The van der Waals surface area contributed by atoms with E-state index in [1.54, 1.807) is 12.0 Å². The van der Waals surface area contributed by atoms with Gasteiger partial charge in [0.1, 0.15) is 5.75 Å². The van der Waals surface area contributed by atoms with Crippen LogP contribution in [-0.2, 0) is 16.0 Å². The van der Waals surface area contributed by atoms with E-state index < -0.39 is 0 Å². The molecule has 0 radical (unpaired) electrons. The quantitative estimate of drug-likeness (QED) is 0.470. The molecule has 0 spiro atoms. The van der Waals surface area contributed by atoms with Crippen LogP contribution in [0.1, 0.15) is 31.7 Å². The second kappa shape index (κ2) is 9.88. The molecule has 0 bridgehead atoms. The van der Waals surface area contributed by atoms with Crippen LogP contribution < -0.4 is 15.0 Å². The molecule has 1 N–H and O–H groups in total. The van der Waals surface area contributed by atoms with Gasteiger partial charge < -0.3 is 10.1 Å². The minimum atomic E-state index is -0.0552. The molecule has 1 aliphatic carbocycles. The zero-order valence-electron chi connectivity index (χ0n) is 16.0. The van der Waals surface area contributed by atoms with Crippen molar-refractivity contribution >= 4 is 40.0 Å². The number of carbonyl (C=O) groups is 2. The highest BCUT2D eigenvalue weighted by atomic mass is 32.2. The molecule has 0 unspecified atom stereocenters. The monoisotopic (exact) mass is 420 g/mol. The van der Waals surface area contributed by atoms with Crippen molar-refractivity contribution in [2.75, 3.05) is 24.3 Å². The summed E-state index contributed by atoms with van der Waals surface area (Å²) >= 11 is 2.71. The number of carbonyl (C=O) groups excluding carboxylic acids is 2. The van der Waals surface area contributed by atoms with Gasteiger partial charge in [0.25, 0.3) is 0 Å². The van der Waals surface area contributed by atoms with E-state index >= 15 is 0 Å². The van der Waals surface area contributed by atoms with Crippen LogP contribution in [-0.4, -0.2) is 47.5 Å². The number of rotatable bonds is 10. The summed E-state index contributed by atoms with van der Waals surface area (Å²) < 4.78 is 6.02. The molecular weight excluding hydrogens is 396 g/mol. The molecule has 3 rings (SSSR count). The van der Waals surface area contributed by atoms with Crippen molar-refractivity contribution in [2.24, 2.45) is 0 Å². The molecule has 1 aromatic carbocycles. The predicted octanol–water partition coefficient (Wildman–Crippen LogP) is 2.90. The normalized spacial score (nSPS) is 13.2. The van der Waals surface area contributed by atoms with Gasteiger partial charge >= 0.3 is 0 Å². The summed E-state index contributed by atoms with van der Waals surface area (Å²) in [5.41, 5.74) is 1.06. The van der Waals surface area contributed by atoms with Crippen LogP contribution in [0.3, 0.4) is 0 Å². The van der Waals surface area contributed by atoms with E-state index in [9.17, 15) is 9.59 Å². The smallest absolute Gasteiger partial charge is 0.230 e. The fraction of sp³-hybridized carbons (Fsp3) is 0.474. The summed E-state index contributed by atoms with van der Waals surface area (Å²) in [6.07, 6.45) is 3.19. The highest BCUT2D eigenvalue weighted by Crippen LogP contribution is 2.36. The molecule has 9 heteroatoms. The Morgan fingerprint density at radius 2 is 2.11 bits per heavy atom. The summed E-state index contributed by atoms with van der Waals surface area (Å²) in [6, 6.07) is 8.04. The molecule has 28 heavy (non-hydrogen) atoms. The number of aromatic nitrogens is 2. The molecule has 2 amide bonds. The number of hydrogen-bond acceptors (Lipinski definition) is 7. The zero-order valence-corrected chi connectivity index (χ0v) is 17.6. The Labute approximate surface area is 172 Å². The molecule has 0 aliphatic heterocycles. The van der Waals surface area contributed by atoms with E-state index in [1.165, 1.54) is 23.1 Å². The lowest BCUT2D eigenvalue weighted by Gasteiger charge is -2.17. The Morgan fingerprint density at radius 3 is 2.82 bits per heavy atom. The van der Waals surface area contributed by atoms with Crippen molar-refractivity contribution in [1.29, 1.82) is 0 Å². The van der Waals surface area contributed by atoms with E-state index in [0.717, 1.165) is 24.2 Å². The van der Waals surface area contributed by atoms with E-state index in [-0.39, 0.29) is 23.6 Å². The molecule has 1 aliphatic rings. The highest BCUT2D eigenvalue weighted by Gasteiger charge is 2.35. The third-order valence-corrected chi connectivity index (χ3v) is 6.38. The van der Waals surface area contributed by atoms with Crippen molar-refractivity contribution < 1.29 is 14.3 Å². The molecule has 1 aromatic heterocycles. The number of benzene rings is 1. The number of thioether (sulfide) groups is 1. The van der Waals surface area contributed by atoms with E-state index in [0.29, 0.717) is 28.9 Å². The van der Waals surface area contributed by atoms with Gasteiger partial charge in [-0.3, -0.25) is 14.5 Å². The summed E-state index contributed by atoms with van der Waals surface area (Å²) in [5, 5.41) is 11.8. The van der Waals surface area contributed by atoms with Gasteiger partial charge in [-0.25, -0.2) is 0 Å². The van der Waals surface area contributed by atoms with E-state index in [4.69, 9.17) is 4.74 Å². The molecule has 150 valence electrons. The first-order chi connectivity index (χ1) is 13.6. The van der Waals surface area contributed by atoms with Crippen LogP contribution in [0, 0.1) is 0 Å². The fourth-order valence-corrected chi connectivity index (χ4v) is 4.51. The van der Waals surface area contributed by atoms with Gasteiger partial charge in [-0.1, -0.05) is 48.2 Å². The minimum Gasteiger partial charge on any atom is -0.496 e. The van der Waals surface area contributed by atoms with Crippen molar-refractivity contribution in [3.05, 3.63) is 29.8 Å². The molecular formula is C19H24N4O3S2. The lowest BCUT2D eigenvalue weighted by Crippen LogP contribution is -2.32. The third kappa shape index (κ3) is 5.45. The fourth-order valence-electron chi connectivity index (χ4n) is 2.75. The molecule has 7 nitrogen and oxygen atoms in total. The second-order valence-corrected chi connectivity index (χ2v) is 8.58. The zero-order chi connectivity index (χ0) is 19.9. The van der Waals surface area contributed by atoms with Crippen LogP contribution in [0.4, 0.5) is 5.13 Å². The number of nitrogens with one attached hydrogen (secondary N) is 1. The van der Waals surface area contributed by atoms with Crippen molar-refractivity contribution in [3.8, 4) is 5.75 Å². The van der Waals surface area contributed by atoms with E-state index in [1.807, 2.05) is 31.2 Å². The average molecular weight is 421 g/mol. The number of para-hydroxylation sites is 1. The Morgan fingerprint density at radius 1 is 1.32 bits per heavy atom. The topological polar surface area (TPSA) is 84.4 Å². The van der Waals surface area contributed by atoms with Gasteiger partial charge in [0.15, 0.2) is 4.34 Å². The van der Waals surface area contributed by atoms with Crippen LogP contribution in [0.5, 0.6) is 5.75 Å². The number of ether oxygens (including phenoxy) is 1. The molecule has 1 heterocycles. The highest BCUT2D eigenvalue weighted by molar-refractivity contribution is 8.01. The van der Waals surface area contributed by atoms with Gasteiger partial charge in [-0.15, -0.1) is 10.2 Å². The number of nitrogens with zero attached hydrogens (tertiary/aromatic N) is 3. The van der Waals surface area contributed by atoms with Crippen molar-refractivity contribution in [2.45, 2.75) is 43.0 Å². The molecule has 2 aromatic rings. The molecule has 0 atom stereocenters. The first-order valence-electron chi connectivity index (χ1n) is 9.29. The first-order valence-corrected chi connectivity index (χ1v) is 11.1. The largest absolute Gasteiger partial charge is 0.496 e. The van der Waals surface area contributed by atoms with Gasteiger partial charge in [0.2, 0.25) is 16.9 Å². The number of methoxy groups -OCH3 is 1. The summed E-state index contributed by atoms with van der Waals surface area (Å²) in [5.74, 6) is 1.12. The third-order valence-electron chi connectivity index (χ3n) is 4.32. The Balaban J connectivity index is 1.45. The number of anilines is 1. The van der Waals surface area contributed by atoms with Crippen LogP contribution >= 0.6 is 23.1 Å². The van der Waals surface area contributed by atoms with Crippen molar-refractivity contribution in [3.63, 3.8) is 0 Å².